The number of rotatable bonds is 0. The lowest BCUT2D eigenvalue weighted by atomic mass is 9.95. The van der Waals surface area contributed by atoms with Crippen LogP contribution in [-0.4, -0.2) is 6.61 Å². The van der Waals surface area contributed by atoms with Crippen LogP contribution in [-0.2, 0) is 6.18 Å². The van der Waals surface area contributed by atoms with Crippen LogP contribution in [0.25, 0.3) is 0 Å². The minimum absolute atomic E-state index is 0. The van der Waals surface area contributed by atoms with Crippen molar-refractivity contribution < 1.29 is 17.9 Å². The van der Waals surface area contributed by atoms with Gasteiger partial charge in [0.15, 0.2) is 0 Å². The van der Waals surface area contributed by atoms with E-state index in [1.165, 1.54) is 6.07 Å². The molecule has 1 heterocycles. The molecule has 0 fully saturated rings. The quantitative estimate of drug-likeness (QED) is 0.787. The van der Waals surface area contributed by atoms with E-state index in [1.54, 1.807) is 0 Å². The predicted molar refractivity (Wildman–Crippen MR) is 63.4 cm³/mol. The fourth-order valence-electron chi connectivity index (χ4n) is 1.77. The molecule has 0 saturated heterocycles. The van der Waals surface area contributed by atoms with Gasteiger partial charge in [-0.1, -0.05) is 0 Å². The van der Waals surface area contributed by atoms with Crippen LogP contribution in [0.2, 0.25) is 0 Å². The first-order valence-corrected chi connectivity index (χ1v) is 5.48. The lowest BCUT2D eigenvalue weighted by Crippen LogP contribution is -2.25. The monoisotopic (exact) mass is 331 g/mol. The predicted octanol–water partition coefficient (Wildman–Crippen LogP) is 3.67. The SMILES string of the molecule is Cl.N[C@H]1CCOc2c(Br)ccc(C(F)(F)F)c21. The molecule has 0 bridgehead atoms. The maximum atomic E-state index is 12.8. The fourth-order valence-corrected chi connectivity index (χ4v) is 2.23. The minimum Gasteiger partial charge on any atom is -0.492 e. The lowest BCUT2D eigenvalue weighted by molar-refractivity contribution is -0.138. The Bertz CT molecular complexity index is 425. The van der Waals surface area contributed by atoms with Gasteiger partial charge in [-0.15, -0.1) is 12.4 Å². The number of halogens is 5. The number of hydrogen-bond donors (Lipinski definition) is 1. The van der Waals surface area contributed by atoms with Gasteiger partial charge in [0, 0.05) is 18.0 Å². The molecule has 0 spiro atoms. The van der Waals surface area contributed by atoms with E-state index in [1.807, 2.05) is 0 Å². The molecule has 96 valence electrons. The third-order valence-electron chi connectivity index (χ3n) is 2.50. The van der Waals surface area contributed by atoms with Crippen LogP contribution < -0.4 is 10.5 Å². The van der Waals surface area contributed by atoms with E-state index >= 15 is 0 Å². The van der Waals surface area contributed by atoms with Crippen molar-refractivity contribution in [3.05, 3.63) is 27.7 Å². The molecule has 2 rings (SSSR count). The molecular formula is C10H10BrClF3NO. The topological polar surface area (TPSA) is 35.2 Å². The Labute approximate surface area is 111 Å². The van der Waals surface area contributed by atoms with E-state index in [0.29, 0.717) is 17.5 Å². The highest BCUT2D eigenvalue weighted by Crippen LogP contribution is 2.44. The second-order valence-electron chi connectivity index (χ2n) is 3.58. The van der Waals surface area contributed by atoms with Gasteiger partial charge in [-0.3, -0.25) is 0 Å². The summed E-state index contributed by atoms with van der Waals surface area (Å²) in [6, 6.07) is 1.73. The third-order valence-corrected chi connectivity index (χ3v) is 3.12. The molecular weight excluding hydrogens is 322 g/mol. The molecule has 7 heteroatoms. The molecule has 1 aromatic rings. The summed E-state index contributed by atoms with van der Waals surface area (Å²) in [5.74, 6) is 0.216. The van der Waals surface area contributed by atoms with Gasteiger partial charge in [0.1, 0.15) is 5.75 Å². The highest BCUT2D eigenvalue weighted by atomic mass is 79.9. The maximum absolute atomic E-state index is 12.8. The third kappa shape index (κ3) is 2.69. The van der Waals surface area contributed by atoms with Gasteiger partial charge in [-0.05, 0) is 28.1 Å². The smallest absolute Gasteiger partial charge is 0.416 e. The minimum atomic E-state index is -4.40. The molecule has 1 atom stereocenters. The zero-order valence-corrected chi connectivity index (χ0v) is 11.0. The number of ether oxygens (including phenoxy) is 1. The average Bonchev–Trinajstić information content (AvgIpc) is 2.18. The van der Waals surface area contributed by atoms with Crippen molar-refractivity contribution in [2.24, 2.45) is 5.73 Å². The van der Waals surface area contributed by atoms with Crippen LogP contribution in [0.3, 0.4) is 0 Å². The van der Waals surface area contributed by atoms with Gasteiger partial charge in [-0.25, -0.2) is 0 Å². The van der Waals surface area contributed by atoms with Crippen molar-refractivity contribution in [1.82, 2.24) is 0 Å². The molecule has 0 aromatic heterocycles. The standard InChI is InChI=1S/C10H9BrF3NO.ClH/c11-6-2-1-5(10(12,13)14)8-7(15)3-4-16-9(6)8;/h1-2,7H,3-4,15H2;1H/t7-;/m0./s1. The largest absolute Gasteiger partial charge is 0.492 e. The first-order valence-electron chi connectivity index (χ1n) is 4.69. The summed E-state index contributed by atoms with van der Waals surface area (Å²) in [4.78, 5) is 0. The number of alkyl halides is 3. The van der Waals surface area contributed by atoms with Crippen LogP contribution in [0.15, 0.2) is 16.6 Å². The van der Waals surface area contributed by atoms with Gasteiger partial charge in [0.2, 0.25) is 0 Å². The number of benzene rings is 1. The average molecular weight is 333 g/mol. The van der Waals surface area contributed by atoms with Gasteiger partial charge in [0.05, 0.1) is 16.6 Å². The van der Waals surface area contributed by atoms with Gasteiger partial charge < -0.3 is 10.5 Å². The first-order chi connectivity index (χ1) is 7.41. The Kier molecular flexibility index (Phi) is 4.33. The molecule has 1 aliphatic rings. The molecule has 17 heavy (non-hydrogen) atoms. The van der Waals surface area contributed by atoms with Crippen LogP contribution in [0.5, 0.6) is 5.75 Å². The summed E-state index contributed by atoms with van der Waals surface area (Å²) >= 11 is 3.16. The second kappa shape index (κ2) is 5.04. The van der Waals surface area contributed by atoms with E-state index in [9.17, 15) is 13.2 Å². The summed E-state index contributed by atoms with van der Waals surface area (Å²) < 4.78 is 44.0. The lowest BCUT2D eigenvalue weighted by Gasteiger charge is -2.27. The number of fused-ring (bicyclic) bond motifs is 1. The zero-order chi connectivity index (χ0) is 11.9. The summed E-state index contributed by atoms with van der Waals surface area (Å²) in [6.07, 6.45) is -4.00. The molecule has 0 aliphatic carbocycles. The van der Waals surface area contributed by atoms with E-state index in [2.05, 4.69) is 15.9 Å². The number of nitrogens with two attached hydrogens (primary N) is 1. The van der Waals surface area contributed by atoms with Gasteiger partial charge in [0.25, 0.3) is 0 Å². The Morgan fingerprint density at radius 3 is 2.59 bits per heavy atom. The highest BCUT2D eigenvalue weighted by Gasteiger charge is 2.38. The highest BCUT2D eigenvalue weighted by molar-refractivity contribution is 9.10. The van der Waals surface area contributed by atoms with E-state index in [4.69, 9.17) is 10.5 Å². The van der Waals surface area contributed by atoms with Crippen LogP contribution in [0, 0.1) is 0 Å². The van der Waals surface area contributed by atoms with E-state index in [0.717, 1.165) is 6.07 Å². The Balaban J connectivity index is 0.00000144. The normalized spacial score (nSPS) is 19.0. The van der Waals surface area contributed by atoms with Crippen molar-refractivity contribution in [1.29, 1.82) is 0 Å². The van der Waals surface area contributed by atoms with Gasteiger partial charge >= 0.3 is 6.18 Å². The maximum Gasteiger partial charge on any atom is 0.416 e. The molecule has 2 N–H and O–H groups in total. The van der Waals surface area contributed by atoms with E-state index in [-0.39, 0.29) is 23.7 Å². The number of hydrogen-bond acceptors (Lipinski definition) is 2. The molecule has 0 radical (unpaired) electrons. The molecule has 0 saturated carbocycles. The second-order valence-corrected chi connectivity index (χ2v) is 4.43. The molecule has 0 amide bonds. The summed E-state index contributed by atoms with van der Waals surface area (Å²) in [5.41, 5.74) is 5.05. The van der Waals surface area contributed by atoms with Crippen LogP contribution in [0.1, 0.15) is 23.6 Å². The fraction of sp³-hybridized carbons (Fsp3) is 0.400. The van der Waals surface area contributed by atoms with E-state index < -0.39 is 17.8 Å². The molecule has 1 aromatic carbocycles. The van der Waals surface area contributed by atoms with Crippen molar-refractivity contribution in [2.75, 3.05) is 6.61 Å². The van der Waals surface area contributed by atoms with Crippen molar-refractivity contribution in [2.45, 2.75) is 18.6 Å². The van der Waals surface area contributed by atoms with Crippen molar-refractivity contribution >= 4 is 28.3 Å². The summed E-state index contributed by atoms with van der Waals surface area (Å²) in [5, 5.41) is 0. The molecule has 1 aliphatic heterocycles. The van der Waals surface area contributed by atoms with Gasteiger partial charge in [-0.2, -0.15) is 13.2 Å². The summed E-state index contributed by atoms with van der Waals surface area (Å²) in [7, 11) is 0. The van der Waals surface area contributed by atoms with Crippen LogP contribution >= 0.6 is 28.3 Å². The summed E-state index contributed by atoms with van der Waals surface area (Å²) in [6.45, 7) is 0.341. The van der Waals surface area contributed by atoms with Crippen LogP contribution in [0.4, 0.5) is 13.2 Å². The van der Waals surface area contributed by atoms with Crippen molar-refractivity contribution in [3.63, 3.8) is 0 Å². The Morgan fingerprint density at radius 2 is 2.00 bits per heavy atom. The molecule has 0 unspecified atom stereocenters. The molecule has 2 nitrogen and oxygen atoms in total. The first kappa shape index (κ1) is 14.6. The Hall–Kier alpha value is -0.460. The van der Waals surface area contributed by atoms with Crippen molar-refractivity contribution in [3.8, 4) is 5.75 Å². The Morgan fingerprint density at radius 1 is 1.35 bits per heavy atom. The zero-order valence-electron chi connectivity index (χ0n) is 8.55.